The molecule has 0 aliphatic rings. The number of fused-ring (bicyclic) bond motifs is 1. The molecule has 2 aromatic rings. The van der Waals surface area contributed by atoms with Gasteiger partial charge in [0.2, 0.25) is 0 Å². The second-order valence-electron chi connectivity index (χ2n) is 4.64. The summed E-state index contributed by atoms with van der Waals surface area (Å²) >= 11 is 0. The molecule has 1 N–H and O–H groups in total. The molecule has 0 amide bonds. The Labute approximate surface area is 110 Å². The fraction of sp³-hybridized carbons (Fsp3) is 0.294. The first kappa shape index (κ1) is 12.8. The zero-order valence-corrected chi connectivity index (χ0v) is 11.0. The number of rotatable bonds is 6. The van der Waals surface area contributed by atoms with Gasteiger partial charge in [0.05, 0.1) is 0 Å². The Kier molecular flexibility index (Phi) is 4.54. The van der Waals surface area contributed by atoms with Crippen LogP contribution in [0.4, 0.5) is 0 Å². The summed E-state index contributed by atoms with van der Waals surface area (Å²) in [5, 5.41) is 6.18. The Hall–Kier alpha value is -1.60. The third kappa shape index (κ3) is 2.99. The van der Waals surface area contributed by atoms with E-state index in [9.17, 15) is 0 Å². The van der Waals surface area contributed by atoms with Gasteiger partial charge in [0.25, 0.3) is 0 Å². The molecule has 1 nitrogen and oxygen atoms in total. The van der Waals surface area contributed by atoms with Crippen molar-refractivity contribution >= 4 is 10.8 Å². The molecule has 2 aromatic carbocycles. The monoisotopic (exact) mass is 239 g/mol. The van der Waals surface area contributed by atoms with Gasteiger partial charge in [0.1, 0.15) is 0 Å². The van der Waals surface area contributed by atoms with E-state index in [0.29, 0.717) is 6.04 Å². The third-order valence-corrected chi connectivity index (χ3v) is 3.26. The molecule has 0 saturated heterocycles. The largest absolute Gasteiger partial charge is 0.310 e. The van der Waals surface area contributed by atoms with Crippen LogP contribution >= 0.6 is 0 Å². The topological polar surface area (TPSA) is 12.0 Å². The minimum absolute atomic E-state index is 0.357. The van der Waals surface area contributed by atoms with Gasteiger partial charge >= 0.3 is 0 Å². The smallest absolute Gasteiger partial charge is 0.0288 e. The van der Waals surface area contributed by atoms with Gasteiger partial charge in [0.15, 0.2) is 0 Å². The predicted molar refractivity (Wildman–Crippen MR) is 79.9 cm³/mol. The zero-order chi connectivity index (χ0) is 12.8. The molecule has 0 bridgehead atoms. The number of nitrogens with one attached hydrogen (secondary N) is 1. The summed E-state index contributed by atoms with van der Waals surface area (Å²) in [4.78, 5) is 0. The quantitative estimate of drug-likeness (QED) is 0.753. The number of benzene rings is 2. The van der Waals surface area contributed by atoms with E-state index in [-0.39, 0.29) is 0 Å². The maximum absolute atomic E-state index is 3.93. The second-order valence-corrected chi connectivity index (χ2v) is 4.64. The van der Waals surface area contributed by atoms with Gasteiger partial charge in [-0.1, -0.05) is 55.5 Å². The lowest BCUT2D eigenvalue weighted by Gasteiger charge is -2.15. The molecule has 0 heterocycles. The molecular formula is C17H21N. The van der Waals surface area contributed by atoms with Crippen molar-refractivity contribution < 1.29 is 0 Å². The Morgan fingerprint density at radius 2 is 1.94 bits per heavy atom. The summed E-state index contributed by atoms with van der Waals surface area (Å²) in [5.74, 6) is 0. The van der Waals surface area contributed by atoms with Gasteiger partial charge < -0.3 is 5.32 Å². The molecule has 94 valence electrons. The lowest BCUT2D eigenvalue weighted by molar-refractivity contribution is 0.587. The van der Waals surface area contributed by atoms with Gasteiger partial charge in [-0.2, -0.15) is 0 Å². The van der Waals surface area contributed by atoms with Crippen LogP contribution in [-0.2, 0) is 6.42 Å². The fourth-order valence-corrected chi connectivity index (χ4v) is 2.28. The second kappa shape index (κ2) is 6.36. The first-order valence-electron chi connectivity index (χ1n) is 6.67. The Morgan fingerprint density at radius 3 is 2.72 bits per heavy atom. The van der Waals surface area contributed by atoms with Gasteiger partial charge in [-0.25, -0.2) is 0 Å². The molecule has 0 aliphatic heterocycles. The third-order valence-electron chi connectivity index (χ3n) is 3.26. The van der Waals surface area contributed by atoms with E-state index in [1.165, 1.54) is 16.3 Å². The lowest BCUT2D eigenvalue weighted by atomic mass is 9.99. The molecule has 1 heteroatoms. The molecule has 1 unspecified atom stereocenters. The van der Waals surface area contributed by atoms with E-state index in [1.54, 1.807) is 0 Å². The lowest BCUT2D eigenvalue weighted by Crippen LogP contribution is -2.29. The van der Waals surface area contributed by atoms with Crippen LogP contribution in [0.5, 0.6) is 0 Å². The highest BCUT2D eigenvalue weighted by atomic mass is 14.9. The van der Waals surface area contributed by atoms with Crippen molar-refractivity contribution in [2.24, 2.45) is 0 Å². The number of hydrogen-bond donors (Lipinski definition) is 1. The minimum atomic E-state index is 0.357. The van der Waals surface area contributed by atoms with Crippen LogP contribution in [0, 0.1) is 0 Å². The molecule has 0 radical (unpaired) electrons. The molecule has 2 rings (SSSR count). The Balaban J connectivity index is 2.22. The fourth-order valence-electron chi connectivity index (χ4n) is 2.28. The van der Waals surface area contributed by atoms with Crippen LogP contribution in [0.15, 0.2) is 55.1 Å². The van der Waals surface area contributed by atoms with Crippen molar-refractivity contribution in [2.45, 2.75) is 25.8 Å². The van der Waals surface area contributed by atoms with E-state index in [1.807, 2.05) is 6.08 Å². The average Bonchev–Trinajstić information content (AvgIpc) is 2.43. The molecule has 18 heavy (non-hydrogen) atoms. The maximum Gasteiger partial charge on any atom is 0.0288 e. The Morgan fingerprint density at radius 1 is 1.17 bits per heavy atom. The molecule has 1 atom stereocenters. The van der Waals surface area contributed by atoms with Crippen molar-refractivity contribution in [2.75, 3.05) is 6.54 Å². The van der Waals surface area contributed by atoms with Crippen LogP contribution in [-0.4, -0.2) is 12.6 Å². The van der Waals surface area contributed by atoms with Gasteiger partial charge in [-0.15, -0.1) is 6.58 Å². The average molecular weight is 239 g/mol. The standard InChI is InChI=1S/C17H21N/c1-3-12-18-16(4-2)13-15-10-7-9-14-8-5-6-11-17(14)15/h4-11,16,18H,2-3,12-13H2,1H3. The van der Waals surface area contributed by atoms with Crippen LogP contribution in [0.25, 0.3) is 10.8 Å². The van der Waals surface area contributed by atoms with Crippen molar-refractivity contribution in [1.82, 2.24) is 5.32 Å². The van der Waals surface area contributed by atoms with E-state index in [4.69, 9.17) is 0 Å². The summed E-state index contributed by atoms with van der Waals surface area (Å²) in [6, 6.07) is 15.4. The molecule has 0 aliphatic carbocycles. The molecule has 0 spiro atoms. The molecule has 0 saturated carbocycles. The predicted octanol–water partition coefficient (Wildman–Crippen LogP) is 3.94. The van der Waals surface area contributed by atoms with E-state index >= 15 is 0 Å². The highest BCUT2D eigenvalue weighted by molar-refractivity contribution is 5.85. The van der Waals surface area contributed by atoms with Gasteiger partial charge in [0, 0.05) is 6.04 Å². The first-order valence-corrected chi connectivity index (χ1v) is 6.67. The number of hydrogen-bond acceptors (Lipinski definition) is 1. The van der Waals surface area contributed by atoms with Crippen molar-refractivity contribution in [1.29, 1.82) is 0 Å². The summed E-state index contributed by atoms with van der Waals surface area (Å²) in [7, 11) is 0. The summed E-state index contributed by atoms with van der Waals surface area (Å²) in [5.41, 5.74) is 1.39. The minimum Gasteiger partial charge on any atom is -0.310 e. The molecular weight excluding hydrogens is 218 g/mol. The van der Waals surface area contributed by atoms with Crippen LogP contribution in [0.1, 0.15) is 18.9 Å². The summed E-state index contributed by atoms with van der Waals surface area (Å²) in [6.45, 7) is 7.16. The van der Waals surface area contributed by atoms with Gasteiger partial charge in [-0.3, -0.25) is 0 Å². The van der Waals surface area contributed by atoms with E-state index in [0.717, 1.165) is 19.4 Å². The van der Waals surface area contributed by atoms with Crippen molar-refractivity contribution in [3.8, 4) is 0 Å². The van der Waals surface area contributed by atoms with Crippen LogP contribution in [0.2, 0.25) is 0 Å². The molecule has 0 aromatic heterocycles. The Bertz CT molecular complexity index is 511. The van der Waals surface area contributed by atoms with E-state index < -0.39 is 0 Å². The van der Waals surface area contributed by atoms with Crippen molar-refractivity contribution in [3.63, 3.8) is 0 Å². The normalized spacial score (nSPS) is 12.5. The highest BCUT2D eigenvalue weighted by Crippen LogP contribution is 2.19. The van der Waals surface area contributed by atoms with Crippen molar-refractivity contribution in [3.05, 3.63) is 60.7 Å². The summed E-state index contributed by atoms with van der Waals surface area (Å²) in [6.07, 6.45) is 4.17. The van der Waals surface area contributed by atoms with E-state index in [2.05, 4.69) is 61.3 Å². The first-order chi connectivity index (χ1) is 8.85. The highest BCUT2D eigenvalue weighted by Gasteiger charge is 2.06. The zero-order valence-electron chi connectivity index (χ0n) is 11.0. The maximum atomic E-state index is 3.93. The molecule has 0 fully saturated rings. The summed E-state index contributed by atoms with van der Waals surface area (Å²) < 4.78 is 0. The van der Waals surface area contributed by atoms with Crippen LogP contribution < -0.4 is 5.32 Å². The van der Waals surface area contributed by atoms with Gasteiger partial charge in [-0.05, 0) is 35.7 Å². The SMILES string of the molecule is C=CC(Cc1cccc2ccccc12)NCCC. The van der Waals surface area contributed by atoms with Crippen LogP contribution in [0.3, 0.4) is 0 Å².